The molecule has 1 heterocycles. The van der Waals surface area contributed by atoms with Gasteiger partial charge < -0.3 is 15.2 Å². The lowest BCUT2D eigenvalue weighted by Gasteiger charge is -2.12. The van der Waals surface area contributed by atoms with Gasteiger partial charge in [-0.2, -0.15) is 0 Å². The first-order valence-electron chi connectivity index (χ1n) is 8.57. The molecular formula is C18H24Cl2N6. The summed E-state index contributed by atoms with van der Waals surface area (Å²) in [6.45, 7) is 8.53. The van der Waals surface area contributed by atoms with Crippen LogP contribution in [-0.4, -0.2) is 40.4 Å². The van der Waals surface area contributed by atoms with Crippen LogP contribution in [0, 0.1) is 0 Å². The summed E-state index contributed by atoms with van der Waals surface area (Å²) < 4.78 is 2.03. The van der Waals surface area contributed by atoms with Gasteiger partial charge in [-0.15, -0.1) is 16.8 Å². The molecule has 1 aromatic heterocycles. The Balaban J connectivity index is 1.88. The van der Waals surface area contributed by atoms with Crippen molar-refractivity contribution in [2.75, 3.05) is 19.6 Å². The average molecular weight is 395 g/mol. The number of rotatable bonds is 9. The van der Waals surface area contributed by atoms with Crippen LogP contribution in [0.5, 0.6) is 0 Å². The third kappa shape index (κ3) is 6.35. The van der Waals surface area contributed by atoms with Gasteiger partial charge in [0.15, 0.2) is 5.96 Å². The van der Waals surface area contributed by atoms with Gasteiger partial charge in [-0.25, -0.2) is 0 Å². The minimum absolute atomic E-state index is 0.612. The first kappa shape index (κ1) is 20.3. The van der Waals surface area contributed by atoms with Crippen LogP contribution in [0.1, 0.15) is 18.3 Å². The Bertz CT molecular complexity index is 741. The Kier molecular flexibility index (Phi) is 8.44. The molecule has 1 aromatic carbocycles. The molecule has 140 valence electrons. The second-order valence-corrected chi connectivity index (χ2v) is 6.45. The minimum Gasteiger partial charge on any atom is -0.355 e. The topological polar surface area (TPSA) is 67.1 Å². The second kappa shape index (κ2) is 10.8. The number of hydrogen-bond acceptors (Lipinski definition) is 3. The van der Waals surface area contributed by atoms with E-state index in [4.69, 9.17) is 23.2 Å². The molecule has 0 fully saturated rings. The highest BCUT2D eigenvalue weighted by atomic mass is 35.5. The molecule has 0 aliphatic rings. The molecule has 2 rings (SSSR count). The summed E-state index contributed by atoms with van der Waals surface area (Å²) >= 11 is 12.1. The van der Waals surface area contributed by atoms with Crippen molar-refractivity contribution in [1.82, 2.24) is 25.4 Å². The number of hydrogen-bond donors (Lipinski definition) is 2. The quantitative estimate of drug-likeness (QED) is 0.389. The van der Waals surface area contributed by atoms with Gasteiger partial charge in [0.1, 0.15) is 12.2 Å². The van der Waals surface area contributed by atoms with Crippen molar-refractivity contribution in [2.24, 2.45) is 4.99 Å². The average Bonchev–Trinajstić information content (AvgIpc) is 3.08. The van der Waals surface area contributed by atoms with E-state index in [-0.39, 0.29) is 0 Å². The van der Waals surface area contributed by atoms with Gasteiger partial charge >= 0.3 is 0 Å². The van der Waals surface area contributed by atoms with Crippen LogP contribution in [0.3, 0.4) is 0 Å². The molecule has 0 radical (unpaired) electrons. The number of aliphatic imine (C=N–C) groups is 1. The highest BCUT2D eigenvalue weighted by Gasteiger charge is 2.04. The smallest absolute Gasteiger partial charge is 0.191 e. The maximum Gasteiger partial charge on any atom is 0.191 e. The predicted molar refractivity (Wildman–Crippen MR) is 108 cm³/mol. The van der Waals surface area contributed by atoms with Gasteiger partial charge in [0.2, 0.25) is 0 Å². The van der Waals surface area contributed by atoms with Crippen LogP contribution < -0.4 is 10.6 Å². The lowest BCUT2D eigenvalue weighted by atomic mass is 10.1. The fourth-order valence-corrected chi connectivity index (χ4v) is 2.89. The van der Waals surface area contributed by atoms with E-state index in [2.05, 4.69) is 39.3 Å². The lowest BCUT2D eigenvalue weighted by molar-refractivity contribution is 0.633. The van der Waals surface area contributed by atoms with Crippen LogP contribution in [0.2, 0.25) is 10.0 Å². The molecule has 0 bridgehead atoms. The monoisotopic (exact) mass is 394 g/mol. The number of nitrogens with one attached hydrogen (secondary N) is 2. The van der Waals surface area contributed by atoms with E-state index in [9.17, 15) is 0 Å². The molecule has 2 N–H and O–H groups in total. The zero-order chi connectivity index (χ0) is 18.8. The van der Waals surface area contributed by atoms with Gasteiger partial charge in [-0.3, -0.25) is 4.99 Å². The largest absolute Gasteiger partial charge is 0.355 e. The Morgan fingerprint density at radius 2 is 2.19 bits per heavy atom. The molecule has 0 spiro atoms. The van der Waals surface area contributed by atoms with Crippen LogP contribution in [-0.2, 0) is 19.4 Å². The Morgan fingerprint density at radius 1 is 1.35 bits per heavy atom. The highest BCUT2D eigenvalue weighted by Crippen LogP contribution is 2.21. The molecule has 8 heteroatoms. The second-order valence-electron chi connectivity index (χ2n) is 5.61. The zero-order valence-electron chi connectivity index (χ0n) is 14.9. The van der Waals surface area contributed by atoms with Gasteiger partial charge in [0, 0.05) is 42.6 Å². The van der Waals surface area contributed by atoms with E-state index >= 15 is 0 Å². The van der Waals surface area contributed by atoms with Crippen molar-refractivity contribution in [1.29, 1.82) is 0 Å². The summed E-state index contributed by atoms with van der Waals surface area (Å²) in [6.07, 6.45) is 5.14. The van der Waals surface area contributed by atoms with Crippen molar-refractivity contribution in [2.45, 2.75) is 26.3 Å². The van der Waals surface area contributed by atoms with Crippen molar-refractivity contribution in [3.8, 4) is 0 Å². The fraction of sp³-hybridized carbons (Fsp3) is 0.389. The normalized spacial score (nSPS) is 11.4. The predicted octanol–water partition coefficient (Wildman–Crippen LogP) is 3.11. The lowest BCUT2D eigenvalue weighted by Crippen LogP contribution is -2.39. The maximum atomic E-state index is 6.21. The summed E-state index contributed by atoms with van der Waals surface area (Å²) in [6, 6.07) is 5.52. The highest BCUT2D eigenvalue weighted by molar-refractivity contribution is 6.35. The van der Waals surface area contributed by atoms with E-state index in [1.807, 2.05) is 16.7 Å². The molecule has 0 unspecified atom stereocenters. The molecule has 0 amide bonds. The third-order valence-electron chi connectivity index (χ3n) is 3.74. The number of benzene rings is 1. The summed E-state index contributed by atoms with van der Waals surface area (Å²) in [5, 5.41) is 15.9. The summed E-state index contributed by atoms with van der Waals surface area (Å²) in [5.41, 5.74) is 1.03. The molecular weight excluding hydrogens is 371 g/mol. The van der Waals surface area contributed by atoms with Crippen molar-refractivity contribution >= 4 is 29.2 Å². The van der Waals surface area contributed by atoms with Crippen LogP contribution in [0.15, 0.2) is 42.2 Å². The first-order valence-corrected chi connectivity index (χ1v) is 9.33. The van der Waals surface area contributed by atoms with Crippen LogP contribution >= 0.6 is 23.2 Å². The number of aromatic nitrogens is 3. The molecule has 0 atom stereocenters. The van der Waals surface area contributed by atoms with Gasteiger partial charge in [0.25, 0.3) is 0 Å². The fourth-order valence-electron chi connectivity index (χ4n) is 2.39. The number of guanidine groups is 1. The molecule has 0 saturated carbocycles. The van der Waals surface area contributed by atoms with Gasteiger partial charge in [0.05, 0.1) is 0 Å². The molecule has 6 nitrogen and oxygen atoms in total. The Hall–Kier alpha value is -2.05. The molecule has 26 heavy (non-hydrogen) atoms. The van der Waals surface area contributed by atoms with E-state index < -0.39 is 0 Å². The standard InChI is InChI=1S/C18H24Cl2N6/c1-3-8-21-18(23-10-11-26-13-24-25-17(26)4-2)22-9-7-14-5-6-15(19)12-16(14)20/h3,5-6,12-13H,1,4,7-11H2,2H3,(H2,21,22,23). The van der Waals surface area contributed by atoms with Gasteiger partial charge in [-0.05, 0) is 24.1 Å². The Labute approximate surface area is 164 Å². The first-order chi connectivity index (χ1) is 12.6. The third-order valence-corrected chi connectivity index (χ3v) is 4.32. The SMILES string of the molecule is C=CCNC(=NCCc1ccc(Cl)cc1Cl)NCCn1cnnc1CC. The number of aryl methyl sites for hydroxylation is 1. The van der Waals surface area contributed by atoms with E-state index in [0.717, 1.165) is 43.3 Å². The molecule has 2 aromatic rings. The summed E-state index contributed by atoms with van der Waals surface area (Å²) in [4.78, 5) is 4.60. The maximum absolute atomic E-state index is 6.21. The van der Waals surface area contributed by atoms with E-state index in [0.29, 0.717) is 23.1 Å². The Morgan fingerprint density at radius 3 is 2.92 bits per heavy atom. The van der Waals surface area contributed by atoms with Crippen molar-refractivity contribution in [3.63, 3.8) is 0 Å². The minimum atomic E-state index is 0.612. The van der Waals surface area contributed by atoms with Crippen molar-refractivity contribution in [3.05, 3.63) is 58.6 Å². The van der Waals surface area contributed by atoms with E-state index in [1.165, 1.54) is 0 Å². The van der Waals surface area contributed by atoms with Crippen LogP contribution in [0.4, 0.5) is 0 Å². The van der Waals surface area contributed by atoms with E-state index in [1.54, 1.807) is 18.5 Å². The van der Waals surface area contributed by atoms with Crippen LogP contribution in [0.25, 0.3) is 0 Å². The van der Waals surface area contributed by atoms with Gasteiger partial charge in [-0.1, -0.05) is 42.3 Å². The zero-order valence-corrected chi connectivity index (χ0v) is 16.4. The molecule has 0 saturated heterocycles. The summed E-state index contributed by atoms with van der Waals surface area (Å²) in [7, 11) is 0. The summed E-state index contributed by atoms with van der Waals surface area (Å²) in [5.74, 6) is 1.71. The molecule has 0 aliphatic heterocycles. The number of halogens is 2. The number of nitrogens with zero attached hydrogens (tertiary/aromatic N) is 4. The van der Waals surface area contributed by atoms with Crippen molar-refractivity contribution < 1.29 is 0 Å². The molecule has 0 aliphatic carbocycles.